The van der Waals surface area contributed by atoms with Gasteiger partial charge in [-0.05, 0) is 35.6 Å². The van der Waals surface area contributed by atoms with Crippen LogP contribution < -0.4 is 4.72 Å². The van der Waals surface area contributed by atoms with Crippen LogP contribution >= 0.6 is 11.3 Å². The summed E-state index contributed by atoms with van der Waals surface area (Å²) in [5.74, 6) is 0. The molecule has 0 radical (unpaired) electrons. The van der Waals surface area contributed by atoms with E-state index in [1.165, 1.54) is 6.07 Å². The third kappa shape index (κ3) is 3.60. The fourth-order valence-corrected chi connectivity index (χ4v) is 3.69. The number of sulfonamides is 1. The molecule has 7 heteroatoms. The number of aryl methyl sites for hydroxylation is 1. The summed E-state index contributed by atoms with van der Waals surface area (Å²) in [5.41, 5.74) is 2.29. The fourth-order valence-electron chi connectivity index (χ4n) is 1.43. The van der Waals surface area contributed by atoms with Crippen molar-refractivity contribution < 1.29 is 13.5 Å². The molecule has 0 saturated heterocycles. The minimum absolute atomic E-state index is 0.159. The molecule has 0 unspecified atom stereocenters. The molecular formula is C12H14N2O3S2. The van der Waals surface area contributed by atoms with Crippen LogP contribution in [0.4, 0.5) is 0 Å². The summed E-state index contributed by atoms with van der Waals surface area (Å²) in [7, 11) is -3.53. The number of thiophene rings is 1. The lowest BCUT2D eigenvalue weighted by Gasteiger charge is -2.04. The molecule has 2 heterocycles. The van der Waals surface area contributed by atoms with Gasteiger partial charge in [0, 0.05) is 18.4 Å². The Morgan fingerprint density at radius 2 is 2.16 bits per heavy atom. The first kappa shape index (κ1) is 14.1. The number of nitrogens with one attached hydrogen (secondary N) is 1. The van der Waals surface area contributed by atoms with Crippen LogP contribution in [-0.4, -0.2) is 18.5 Å². The number of hydrogen-bond donors (Lipinski definition) is 2. The van der Waals surface area contributed by atoms with E-state index in [-0.39, 0.29) is 17.4 Å². The maximum Gasteiger partial charge on any atom is 0.250 e. The summed E-state index contributed by atoms with van der Waals surface area (Å²) in [6.07, 6.45) is 1.64. The molecule has 0 atom stereocenters. The van der Waals surface area contributed by atoms with Gasteiger partial charge in [0.2, 0.25) is 10.0 Å². The zero-order valence-electron chi connectivity index (χ0n) is 10.3. The van der Waals surface area contributed by atoms with E-state index in [4.69, 9.17) is 5.11 Å². The lowest BCUT2D eigenvalue weighted by atomic mass is 10.2. The van der Waals surface area contributed by atoms with Crippen LogP contribution in [0.3, 0.4) is 0 Å². The summed E-state index contributed by atoms with van der Waals surface area (Å²) in [6.45, 7) is 1.91. The molecule has 2 N–H and O–H groups in total. The minimum atomic E-state index is -3.53. The van der Waals surface area contributed by atoms with Crippen molar-refractivity contribution in [3.05, 3.63) is 46.6 Å². The van der Waals surface area contributed by atoms with Crippen molar-refractivity contribution in [3.8, 4) is 0 Å². The number of hydrogen-bond acceptors (Lipinski definition) is 5. The molecule has 0 spiro atoms. The van der Waals surface area contributed by atoms with Crippen molar-refractivity contribution in [1.29, 1.82) is 0 Å². The van der Waals surface area contributed by atoms with E-state index in [9.17, 15) is 8.42 Å². The third-order valence-electron chi connectivity index (χ3n) is 2.52. The second kappa shape index (κ2) is 5.79. The molecular weight excluding hydrogens is 284 g/mol. The topological polar surface area (TPSA) is 79.3 Å². The maximum atomic E-state index is 12.0. The van der Waals surface area contributed by atoms with Crippen LogP contribution in [-0.2, 0) is 23.2 Å². The van der Waals surface area contributed by atoms with E-state index < -0.39 is 10.0 Å². The molecule has 2 rings (SSSR count). The van der Waals surface area contributed by atoms with E-state index >= 15 is 0 Å². The molecule has 0 amide bonds. The Bertz CT molecular complexity index is 648. The van der Waals surface area contributed by atoms with Gasteiger partial charge in [-0.2, -0.15) is 0 Å². The summed E-state index contributed by atoms with van der Waals surface area (Å²) in [4.78, 5) is 4.10. The Morgan fingerprint density at radius 1 is 1.37 bits per heavy atom. The van der Waals surface area contributed by atoms with Crippen LogP contribution in [0.15, 0.2) is 34.0 Å². The number of aliphatic hydroxyl groups excluding tert-OH is 1. The van der Waals surface area contributed by atoms with Crippen molar-refractivity contribution >= 4 is 21.4 Å². The summed E-state index contributed by atoms with van der Waals surface area (Å²) >= 11 is 1.09. The molecule has 0 aliphatic heterocycles. The van der Waals surface area contributed by atoms with Crippen molar-refractivity contribution in [3.63, 3.8) is 0 Å². The highest BCUT2D eigenvalue weighted by molar-refractivity contribution is 7.91. The lowest BCUT2D eigenvalue weighted by molar-refractivity contribution is 0.282. The average molecular weight is 298 g/mol. The van der Waals surface area contributed by atoms with Crippen molar-refractivity contribution in [2.75, 3.05) is 0 Å². The van der Waals surface area contributed by atoms with E-state index in [0.717, 1.165) is 22.6 Å². The number of aliphatic hydroxyl groups is 1. The molecule has 0 fully saturated rings. The van der Waals surface area contributed by atoms with Gasteiger partial charge >= 0.3 is 0 Å². The molecule has 0 bridgehead atoms. The zero-order valence-corrected chi connectivity index (χ0v) is 12.0. The molecule has 2 aromatic rings. The van der Waals surface area contributed by atoms with Gasteiger partial charge in [-0.3, -0.25) is 4.98 Å². The largest absolute Gasteiger partial charge is 0.392 e. The summed E-state index contributed by atoms with van der Waals surface area (Å²) in [5, 5.41) is 10.6. The number of rotatable bonds is 5. The maximum absolute atomic E-state index is 12.0. The van der Waals surface area contributed by atoms with Crippen LogP contribution in [0.2, 0.25) is 0 Å². The van der Waals surface area contributed by atoms with Gasteiger partial charge in [0.05, 0.1) is 6.61 Å². The molecule has 0 aromatic carbocycles. The molecule has 2 aromatic heterocycles. The Labute approximate surface area is 116 Å². The highest BCUT2D eigenvalue weighted by atomic mass is 32.2. The van der Waals surface area contributed by atoms with Crippen LogP contribution in [0.1, 0.15) is 16.8 Å². The molecule has 0 aliphatic rings. The standard InChI is InChI=1S/C12H14N2O3S2/c1-9-2-3-10(5-13-9)6-14-19(16,17)12-4-11(7-15)8-18-12/h2-5,8,14-15H,6-7H2,1H3. The van der Waals surface area contributed by atoms with Gasteiger partial charge < -0.3 is 5.11 Å². The van der Waals surface area contributed by atoms with Crippen molar-refractivity contribution in [2.24, 2.45) is 0 Å². The van der Waals surface area contributed by atoms with Gasteiger partial charge in [-0.1, -0.05) is 6.07 Å². The second-order valence-corrected chi connectivity index (χ2v) is 6.97. The second-order valence-electron chi connectivity index (χ2n) is 4.06. The molecule has 0 saturated carbocycles. The monoisotopic (exact) mass is 298 g/mol. The first-order valence-corrected chi connectivity index (χ1v) is 7.97. The highest BCUT2D eigenvalue weighted by Crippen LogP contribution is 2.20. The Hall–Kier alpha value is -1.28. The Balaban J connectivity index is 2.07. The summed E-state index contributed by atoms with van der Waals surface area (Å²) in [6, 6.07) is 5.14. The predicted molar refractivity (Wildman–Crippen MR) is 73.2 cm³/mol. The van der Waals surface area contributed by atoms with Gasteiger partial charge in [0.15, 0.2) is 0 Å². The number of pyridine rings is 1. The van der Waals surface area contributed by atoms with Gasteiger partial charge in [-0.15, -0.1) is 11.3 Å². The Kier molecular flexibility index (Phi) is 4.31. The van der Waals surface area contributed by atoms with Crippen LogP contribution in [0.25, 0.3) is 0 Å². The molecule has 5 nitrogen and oxygen atoms in total. The summed E-state index contributed by atoms with van der Waals surface area (Å²) < 4.78 is 26.7. The first-order valence-electron chi connectivity index (χ1n) is 5.61. The number of aromatic nitrogens is 1. The minimum Gasteiger partial charge on any atom is -0.392 e. The van der Waals surface area contributed by atoms with E-state index in [2.05, 4.69) is 9.71 Å². The van der Waals surface area contributed by atoms with E-state index in [1.54, 1.807) is 11.6 Å². The number of nitrogens with zero attached hydrogens (tertiary/aromatic N) is 1. The lowest BCUT2D eigenvalue weighted by Crippen LogP contribution is -2.22. The fraction of sp³-hybridized carbons (Fsp3) is 0.250. The van der Waals surface area contributed by atoms with Crippen LogP contribution in [0, 0.1) is 6.92 Å². The van der Waals surface area contributed by atoms with E-state index in [0.29, 0.717) is 5.56 Å². The van der Waals surface area contributed by atoms with Crippen molar-refractivity contribution in [2.45, 2.75) is 24.3 Å². The zero-order chi connectivity index (χ0) is 13.9. The normalized spacial score (nSPS) is 11.7. The predicted octanol–water partition coefficient (Wildman–Crippen LogP) is 1.42. The molecule has 0 aliphatic carbocycles. The molecule has 102 valence electrons. The van der Waals surface area contributed by atoms with E-state index in [1.807, 2.05) is 19.1 Å². The first-order chi connectivity index (χ1) is 9.01. The Morgan fingerprint density at radius 3 is 2.74 bits per heavy atom. The SMILES string of the molecule is Cc1ccc(CNS(=O)(=O)c2cc(CO)cs2)cn1. The van der Waals surface area contributed by atoms with Gasteiger partial charge in [-0.25, -0.2) is 13.1 Å². The quantitative estimate of drug-likeness (QED) is 0.875. The smallest absolute Gasteiger partial charge is 0.250 e. The van der Waals surface area contributed by atoms with Crippen LogP contribution in [0.5, 0.6) is 0 Å². The van der Waals surface area contributed by atoms with Gasteiger partial charge in [0.1, 0.15) is 4.21 Å². The third-order valence-corrected chi connectivity index (χ3v) is 5.41. The average Bonchev–Trinajstić information content (AvgIpc) is 2.88. The molecule has 19 heavy (non-hydrogen) atoms. The van der Waals surface area contributed by atoms with Gasteiger partial charge in [0.25, 0.3) is 0 Å². The highest BCUT2D eigenvalue weighted by Gasteiger charge is 2.16. The van der Waals surface area contributed by atoms with Crippen molar-refractivity contribution in [1.82, 2.24) is 9.71 Å².